The Morgan fingerprint density at radius 1 is 1.42 bits per heavy atom. The quantitative estimate of drug-likeness (QED) is 0.853. The number of nitrogens with one attached hydrogen (secondary N) is 2. The van der Waals surface area contributed by atoms with E-state index < -0.39 is 0 Å². The third-order valence-electron chi connectivity index (χ3n) is 3.08. The zero-order chi connectivity index (χ0) is 12.5. The zero-order valence-corrected chi connectivity index (χ0v) is 12.5. The summed E-state index contributed by atoms with van der Waals surface area (Å²) in [4.78, 5) is 12.1. The fourth-order valence-electron chi connectivity index (χ4n) is 2.15. The third kappa shape index (κ3) is 2.96. The van der Waals surface area contributed by atoms with Crippen molar-refractivity contribution in [3.05, 3.63) is 22.2 Å². The van der Waals surface area contributed by atoms with E-state index >= 15 is 0 Å². The van der Waals surface area contributed by atoms with Gasteiger partial charge < -0.3 is 20.1 Å². The predicted molar refractivity (Wildman–Crippen MR) is 76.3 cm³/mol. The van der Waals surface area contributed by atoms with Gasteiger partial charge in [-0.25, -0.2) is 0 Å². The van der Waals surface area contributed by atoms with Crippen LogP contribution in [0.15, 0.2) is 16.6 Å². The van der Waals surface area contributed by atoms with Crippen LogP contribution in [0, 0.1) is 0 Å². The van der Waals surface area contributed by atoms with Crippen LogP contribution in [0.2, 0.25) is 0 Å². The first-order chi connectivity index (χ1) is 8.74. The molecule has 0 radical (unpaired) electrons. The van der Waals surface area contributed by atoms with Crippen LogP contribution in [-0.2, 0) is 0 Å². The normalized spacial score (nSPS) is 19.9. The van der Waals surface area contributed by atoms with Crippen molar-refractivity contribution >= 4 is 34.2 Å². The summed E-state index contributed by atoms with van der Waals surface area (Å²) >= 11 is 3.38. The summed E-state index contributed by atoms with van der Waals surface area (Å²) < 4.78 is 11.3. The van der Waals surface area contributed by atoms with Gasteiger partial charge >= 0.3 is 0 Å². The third-order valence-corrected chi connectivity index (χ3v) is 3.67. The molecule has 5 nitrogen and oxygen atoms in total. The standard InChI is InChI=1S/C12H13BrN2O3.ClH/c13-9-3-7(4-10-11(9)18-6-17-10)12(16)15-8-1-2-14-5-8;/h3-4,8,14H,1-2,5-6H2,(H,15,16);1H. The molecule has 1 aromatic carbocycles. The first-order valence-corrected chi connectivity index (χ1v) is 6.64. The molecule has 1 saturated heterocycles. The first-order valence-electron chi connectivity index (χ1n) is 5.85. The van der Waals surface area contributed by atoms with Crippen LogP contribution in [0.5, 0.6) is 11.5 Å². The summed E-state index contributed by atoms with van der Waals surface area (Å²) in [5.74, 6) is 1.19. The van der Waals surface area contributed by atoms with Gasteiger partial charge in [0.05, 0.1) is 4.47 Å². The van der Waals surface area contributed by atoms with E-state index in [-0.39, 0.29) is 31.1 Å². The van der Waals surface area contributed by atoms with Gasteiger partial charge in [-0.15, -0.1) is 12.4 Å². The topological polar surface area (TPSA) is 59.6 Å². The van der Waals surface area contributed by atoms with E-state index in [4.69, 9.17) is 9.47 Å². The molecule has 7 heteroatoms. The summed E-state index contributed by atoms with van der Waals surface area (Å²) in [6, 6.07) is 3.68. The van der Waals surface area contributed by atoms with E-state index in [1.165, 1.54) is 0 Å². The molecule has 1 fully saturated rings. The summed E-state index contributed by atoms with van der Waals surface area (Å²) in [6.07, 6.45) is 0.970. The molecule has 2 aliphatic heterocycles. The second-order valence-electron chi connectivity index (χ2n) is 4.36. The molecule has 1 unspecified atom stereocenters. The Hall–Kier alpha value is -0.980. The van der Waals surface area contributed by atoms with Crippen molar-refractivity contribution in [1.82, 2.24) is 10.6 Å². The average molecular weight is 350 g/mol. The monoisotopic (exact) mass is 348 g/mol. The van der Waals surface area contributed by atoms with E-state index in [1.807, 2.05) is 0 Å². The van der Waals surface area contributed by atoms with E-state index in [9.17, 15) is 4.79 Å². The van der Waals surface area contributed by atoms with Crippen LogP contribution in [0.1, 0.15) is 16.8 Å². The van der Waals surface area contributed by atoms with E-state index in [2.05, 4.69) is 26.6 Å². The summed E-state index contributed by atoms with van der Waals surface area (Å²) in [5.41, 5.74) is 0.582. The minimum absolute atomic E-state index is 0. The van der Waals surface area contributed by atoms with Gasteiger partial charge in [0.15, 0.2) is 11.5 Å². The second kappa shape index (κ2) is 5.98. The van der Waals surface area contributed by atoms with Crippen LogP contribution >= 0.6 is 28.3 Å². The number of ether oxygens (including phenoxy) is 2. The maximum atomic E-state index is 12.1. The molecule has 1 aromatic rings. The number of carbonyl (C=O) groups excluding carboxylic acids is 1. The molecule has 2 heterocycles. The number of fused-ring (bicyclic) bond motifs is 1. The molecule has 0 saturated carbocycles. The van der Waals surface area contributed by atoms with Crippen molar-refractivity contribution < 1.29 is 14.3 Å². The molecule has 0 spiro atoms. The highest BCUT2D eigenvalue weighted by Crippen LogP contribution is 2.39. The number of rotatable bonds is 2. The summed E-state index contributed by atoms with van der Waals surface area (Å²) in [7, 11) is 0. The molecule has 2 N–H and O–H groups in total. The van der Waals surface area contributed by atoms with Crippen LogP contribution in [-0.4, -0.2) is 31.8 Å². The first kappa shape index (κ1) is 14.4. The lowest BCUT2D eigenvalue weighted by Gasteiger charge is -2.12. The number of amides is 1. The highest BCUT2D eigenvalue weighted by Gasteiger charge is 2.22. The van der Waals surface area contributed by atoms with Crippen LogP contribution in [0.3, 0.4) is 0 Å². The zero-order valence-electron chi connectivity index (χ0n) is 10.1. The number of halogens is 2. The van der Waals surface area contributed by atoms with E-state index in [0.717, 1.165) is 24.0 Å². The second-order valence-corrected chi connectivity index (χ2v) is 5.21. The molecule has 104 valence electrons. The largest absolute Gasteiger partial charge is 0.454 e. The number of hydrogen-bond donors (Lipinski definition) is 2. The fraction of sp³-hybridized carbons (Fsp3) is 0.417. The van der Waals surface area contributed by atoms with Gasteiger partial charge in [0.25, 0.3) is 5.91 Å². The Kier molecular flexibility index (Phi) is 4.54. The molecule has 1 amide bonds. The molecular formula is C12H14BrClN2O3. The SMILES string of the molecule is Cl.O=C(NC1CCNC1)c1cc(Br)c2c(c1)OCO2. The fourth-order valence-corrected chi connectivity index (χ4v) is 2.70. The lowest BCUT2D eigenvalue weighted by molar-refractivity contribution is 0.0939. The highest BCUT2D eigenvalue weighted by atomic mass is 79.9. The van der Waals surface area contributed by atoms with Crippen molar-refractivity contribution in [3.8, 4) is 11.5 Å². The van der Waals surface area contributed by atoms with Gasteiger partial charge in [-0.3, -0.25) is 4.79 Å². The maximum absolute atomic E-state index is 12.1. The minimum Gasteiger partial charge on any atom is -0.454 e. The van der Waals surface area contributed by atoms with Gasteiger partial charge in [0.2, 0.25) is 6.79 Å². The molecule has 19 heavy (non-hydrogen) atoms. The van der Waals surface area contributed by atoms with Crippen LogP contribution in [0.4, 0.5) is 0 Å². The Labute approximate surface area is 125 Å². The van der Waals surface area contributed by atoms with Gasteiger partial charge in [0.1, 0.15) is 0 Å². The Balaban J connectivity index is 0.00000133. The smallest absolute Gasteiger partial charge is 0.251 e. The molecular weight excluding hydrogens is 336 g/mol. The van der Waals surface area contributed by atoms with E-state index in [0.29, 0.717) is 17.1 Å². The van der Waals surface area contributed by atoms with Gasteiger partial charge in [-0.1, -0.05) is 0 Å². The highest BCUT2D eigenvalue weighted by molar-refractivity contribution is 9.10. The molecule has 3 rings (SSSR count). The number of benzene rings is 1. The molecule has 1 atom stereocenters. The van der Waals surface area contributed by atoms with Crippen LogP contribution < -0.4 is 20.1 Å². The molecule has 2 aliphatic rings. The van der Waals surface area contributed by atoms with Crippen molar-refractivity contribution in [3.63, 3.8) is 0 Å². The molecule has 0 bridgehead atoms. The lowest BCUT2D eigenvalue weighted by atomic mass is 10.1. The van der Waals surface area contributed by atoms with Crippen molar-refractivity contribution in [2.75, 3.05) is 19.9 Å². The number of hydrogen-bond acceptors (Lipinski definition) is 4. The lowest BCUT2D eigenvalue weighted by Crippen LogP contribution is -2.36. The minimum atomic E-state index is -0.0808. The number of carbonyl (C=O) groups is 1. The summed E-state index contributed by atoms with van der Waals surface area (Å²) in [5, 5.41) is 6.21. The van der Waals surface area contributed by atoms with Gasteiger partial charge in [-0.05, 0) is 41.0 Å². The average Bonchev–Trinajstić information content (AvgIpc) is 2.98. The van der Waals surface area contributed by atoms with Crippen molar-refractivity contribution in [2.45, 2.75) is 12.5 Å². The van der Waals surface area contributed by atoms with Gasteiger partial charge in [0, 0.05) is 18.2 Å². The Morgan fingerprint density at radius 3 is 3.00 bits per heavy atom. The molecule has 0 aromatic heterocycles. The Bertz CT molecular complexity index is 492. The predicted octanol–water partition coefficient (Wildman–Crippen LogP) is 1.69. The van der Waals surface area contributed by atoms with Gasteiger partial charge in [-0.2, -0.15) is 0 Å². The molecule has 0 aliphatic carbocycles. The van der Waals surface area contributed by atoms with E-state index in [1.54, 1.807) is 12.1 Å². The maximum Gasteiger partial charge on any atom is 0.251 e. The Morgan fingerprint density at radius 2 is 2.26 bits per heavy atom. The summed E-state index contributed by atoms with van der Waals surface area (Å²) in [6.45, 7) is 1.98. The van der Waals surface area contributed by atoms with Crippen molar-refractivity contribution in [2.24, 2.45) is 0 Å². The van der Waals surface area contributed by atoms with Crippen LogP contribution in [0.25, 0.3) is 0 Å². The van der Waals surface area contributed by atoms with Crippen molar-refractivity contribution in [1.29, 1.82) is 0 Å².